The van der Waals surface area contributed by atoms with Gasteiger partial charge in [0.2, 0.25) is 0 Å². The number of carbonyl (C=O) groups is 2. The number of aryl methyl sites for hydroxylation is 1. The van der Waals surface area contributed by atoms with E-state index in [4.69, 9.17) is 0 Å². The van der Waals surface area contributed by atoms with Gasteiger partial charge in [0, 0.05) is 45.0 Å². The summed E-state index contributed by atoms with van der Waals surface area (Å²) in [7, 11) is 0. The van der Waals surface area contributed by atoms with Crippen LogP contribution >= 0.6 is 15.9 Å². The van der Waals surface area contributed by atoms with Crippen LogP contribution in [0.1, 0.15) is 43.4 Å². The summed E-state index contributed by atoms with van der Waals surface area (Å²) in [5, 5.41) is 6.25. The highest BCUT2D eigenvalue weighted by Gasteiger charge is 2.38. The zero-order valence-electron chi connectivity index (χ0n) is 16.4. The second kappa shape index (κ2) is 7.95. The molecule has 4 rings (SSSR count). The molecule has 0 radical (unpaired) electrons. The molecule has 2 aromatic rings. The maximum absolute atomic E-state index is 13.3. The van der Waals surface area contributed by atoms with Crippen LogP contribution in [0.4, 0.5) is 5.82 Å². The molecule has 0 spiro atoms. The number of allylic oxidation sites excluding steroid dienone is 3. The number of aromatic nitrogens is 1. The second-order valence-electron chi connectivity index (χ2n) is 7.44. The number of benzene rings is 1. The molecule has 1 amide bonds. The first kappa shape index (κ1) is 19.6. The molecule has 2 N–H and O–H groups in total. The van der Waals surface area contributed by atoms with Crippen molar-refractivity contribution in [3.8, 4) is 0 Å². The Bertz CT molecular complexity index is 1050. The first-order chi connectivity index (χ1) is 13.9. The Morgan fingerprint density at radius 1 is 1.14 bits per heavy atom. The number of dihydropyridines is 1. The lowest BCUT2D eigenvalue weighted by Crippen LogP contribution is -2.35. The molecular weight excluding hydrogens is 430 g/mol. The molecule has 0 unspecified atom stereocenters. The van der Waals surface area contributed by atoms with Crippen molar-refractivity contribution in [3.05, 3.63) is 80.7 Å². The van der Waals surface area contributed by atoms with Crippen molar-refractivity contribution in [3.63, 3.8) is 0 Å². The molecule has 1 aromatic carbocycles. The van der Waals surface area contributed by atoms with Crippen LogP contribution in [0.15, 0.2) is 69.5 Å². The fourth-order valence-corrected chi connectivity index (χ4v) is 4.33. The van der Waals surface area contributed by atoms with Gasteiger partial charge in [-0.2, -0.15) is 0 Å². The number of anilines is 1. The zero-order chi connectivity index (χ0) is 20.5. The number of halogens is 1. The van der Waals surface area contributed by atoms with E-state index in [-0.39, 0.29) is 11.7 Å². The highest BCUT2D eigenvalue weighted by atomic mass is 79.9. The SMILES string of the molecule is CC1=C(C(=O)Nc2cccc(C)n2)[C@@H](c2ccc(Br)cc2)C2=C(CCCC2=O)N1. The molecule has 1 aliphatic heterocycles. The summed E-state index contributed by atoms with van der Waals surface area (Å²) >= 11 is 3.47. The van der Waals surface area contributed by atoms with Crippen LogP contribution in [-0.2, 0) is 9.59 Å². The molecule has 0 fully saturated rings. The number of hydrogen-bond donors (Lipinski definition) is 2. The van der Waals surface area contributed by atoms with Crippen LogP contribution in [-0.4, -0.2) is 16.7 Å². The van der Waals surface area contributed by atoms with Crippen LogP contribution in [0.2, 0.25) is 0 Å². The van der Waals surface area contributed by atoms with E-state index < -0.39 is 5.92 Å². The van der Waals surface area contributed by atoms with E-state index in [9.17, 15) is 9.59 Å². The van der Waals surface area contributed by atoms with Crippen molar-refractivity contribution in [1.29, 1.82) is 0 Å². The molecule has 6 heteroatoms. The summed E-state index contributed by atoms with van der Waals surface area (Å²) in [6, 6.07) is 13.3. The number of amides is 1. The van der Waals surface area contributed by atoms with E-state index in [0.717, 1.165) is 40.0 Å². The molecule has 1 atom stereocenters. The van der Waals surface area contributed by atoms with Crippen LogP contribution in [0.3, 0.4) is 0 Å². The highest BCUT2D eigenvalue weighted by Crippen LogP contribution is 2.42. The van der Waals surface area contributed by atoms with Gasteiger partial charge in [0.25, 0.3) is 5.91 Å². The third-order valence-corrected chi connectivity index (χ3v) is 5.88. The Morgan fingerprint density at radius 3 is 2.62 bits per heavy atom. The molecule has 0 bridgehead atoms. The summed E-state index contributed by atoms with van der Waals surface area (Å²) in [4.78, 5) is 30.6. The minimum Gasteiger partial charge on any atom is -0.362 e. The maximum atomic E-state index is 13.3. The standard InChI is InChI=1S/C23H22BrN3O2/c1-13-5-3-8-19(25-13)27-23(29)20-14(2)26-17-6-4-7-18(28)22(17)21(20)15-9-11-16(24)12-10-15/h3,5,8-12,21,26H,4,6-7H2,1-2H3,(H,25,27,29)/t21-/m1/s1. The van der Waals surface area contributed by atoms with E-state index >= 15 is 0 Å². The molecule has 1 aromatic heterocycles. The molecule has 29 heavy (non-hydrogen) atoms. The van der Waals surface area contributed by atoms with Gasteiger partial charge in [0.05, 0.1) is 0 Å². The number of hydrogen-bond acceptors (Lipinski definition) is 4. The molecule has 148 valence electrons. The number of nitrogens with one attached hydrogen (secondary N) is 2. The van der Waals surface area contributed by atoms with E-state index in [0.29, 0.717) is 23.4 Å². The van der Waals surface area contributed by atoms with Crippen LogP contribution < -0.4 is 10.6 Å². The summed E-state index contributed by atoms with van der Waals surface area (Å²) in [5.74, 6) is -0.0272. The Balaban J connectivity index is 1.78. The predicted octanol–water partition coefficient (Wildman–Crippen LogP) is 4.76. The fraction of sp³-hybridized carbons (Fsp3) is 0.261. The van der Waals surface area contributed by atoms with E-state index in [1.54, 1.807) is 6.07 Å². The minimum absolute atomic E-state index is 0.109. The third kappa shape index (κ3) is 3.90. The van der Waals surface area contributed by atoms with E-state index in [1.165, 1.54) is 0 Å². The average Bonchev–Trinajstić information content (AvgIpc) is 2.67. The van der Waals surface area contributed by atoms with Gasteiger partial charge in [-0.3, -0.25) is 9.59 Å². The monoisotopic (exact) mass is 451 g/mol. The van der Waals surface area contributed by atoms with Gasteiger partial charge in [-0.05, 0) is 56.5 Å². The van der Waals surface area contributed by atoms with Crippen molar-refractivity contribution in [2.45, 2.75) is 39.0 Å². The van der Waals surface area contributed by atoms with E-state index in [2.05, 4.69) is 31.5 Å². The van der Waals surface area contributed by atoms with Gasteiger partial charge < -0.3 is 10.6 Å². The number of carbonyl (C=O) groups excluding carboxylic acids is 2. The number of ketones is 1. The summed E-state index contributed by atoms with van der Waals surface area (Å²) in [5.41, 5.74) is 4.75. The average molecular weight is 452 g/mol. The summed E-state index contributed by atoms with van der Waals surface area (Å²) in [6.07, 6.45) is 2.17. The van der Waals surface area contributed by atoms with Gasteiger partial charge in [-0.15, -0.1) is 0 Å². The van der Waals surface area contributed by atoms with Crippen molar-refractivity contribution < 1.29 is 9.59 Å². The Kier molecular flexibility index (Phi) is 5.37. The fourth-order valence-electron chi connectivity index (χ4n) is 4.07. The number of Topliss-reactive ketones (excluding diaryl/α,β-unsaturated/α-hetero) is 1. The van der Waals surface area contributed by atoms with Gasteiger partial charge in [0.15, 0.2) is 5.78 Å². The molecule has 5 nitrogen and oxygen atoms in total. The second-order valence-corrected chi connectivity index (χ2v) is 8.35. The maximum Gasteiger partial charge on any atom is 0.255 e. The number of nitrogens with zero attached hydrogens (tertiary/aromatic N) is 1. The zero-order valence-corrected chi connectivity index (χ0v) is 18.0. The molecular formula is C23H22BrN3O2. The van der Waals surface area contributed by atoms with Crippen molar-refractivity contribution in [2.24, 2.45) is 0 Å². The lowest BCUT2D eigenvalue weighted by Gasteiger charge is -2.34. The lowest BCUT2D eigenvalue weighted by atomic mass is 9.75. The van der Waals surface area contributed by atoms with Crippen molar-refractivity contribution in [1.82, 2.24) is 10.3 Å². The van der Waals surface area contributed by atoms with E-state index in [1.807, 2.05) is 50.2 Å². The van der Waals surface area contributed by atoms with Crippen molar-refractivity contribution >= 4 is 33.4 Å². The number of rotatable bonds is 3. The lowest BCUT2D eigenvalue weighted by molar-refractivity contribution is -0.116. The van der Waals surface area contributed by atoms with Gasteiger partial charge in [-0.25, -0.2) is 4.98 Å². The quantitative estimate of drug-likeness (QED) is 0.705. The van der Waals surface area contributed by atoms with Gasteiger partial charge in [0.1, 0.15) is 5.82 Å². The predicted molar refractivity (Wildman–Crippen MR) is 116 cm³/mol. The Labute approximate surface area is 178 Å². The topological polar surface area (TPSA) is 71.1 Å². The van der Waals surface area contributed by atoms with Crippen LogP contribution in [0.25, 0.3) is 0 Å². The Morgan fingerprint density at radius 2 is 1.90 bits per heavy atom. The third-order valence-electron chi connectivity index (χ3n) is 5.35. The highest BCUT2D eigenvalue weighted by molar-refractivity contribution is 9.10. The molecule has 1 aliphatic carbocycles. The van der Waals surface area contributed by atoms with Gasteiger partial charge in [-0.1, -0.05) is 34.1 Å². The first-order valence-electron chi connectivity index (χ1n) is 9.68. The molecule has 0 saturated carbocycles. The first-order valence-corrected chi connectivity index (χ1v) is 10.5. The smallest absolute Gasteiger partial charge is 0.255 e. The minimum atomic E-state index is -0.392. The van der Waals surface area contributed by atoms with Crippen molar-refractivity contribution in [2.75, 3.05) is 5.32 Å². The normalized spacial score (nSPS) is 19.0. The summed E-state index contributed by atoms with van der Waals surface area (Å²) < 4.78 is 0.954. The molecule has 2 aliphatic rings. The summed E-state index contributed by atoms with van der Waals surface area (Å²) in [6.45, 7) is 3.78. The van der Waals surface area contributed by atoms with Crippen LogP contribution in [0.5, 0.6) is 0 Å². The largest absolute Gasteiger partial charge is 0.362 e. The molecule has 0 saturated heterocycles. The van der Waals surface area contributed by atoms with Gasteiger partial charge >= 0.3 is 0 Å². The Hall–Kier alpha value is -2.73. The number of pyridine rings is 1. The van der Waals surface area contributed by atoms with Crippen LogP contribution in [0, 0.1) is 6.92 Å². The molecule has 2 heterocycles.